The smallest absolute Gasteiger partial charge is 0.336 e. The minimum absolute atomic E-state index is 0.288. The SMILES string of the molecule is COC(=O)C(O)CNC(=O)c1cc(F)c(F)cc1Cl. The molecular formula is C11H10ClF2NO4. The van der Waals surface area contributed by atoms with Crippen LogP contribution in [0.5, 0.6) is 0 Å². The fraction of sp³-hybridized carbons (Fsp3) is 0.273. The average Bonchev–Trinajstić information content (AvgIpc) is 2.38. The molecule has 0 aliphatic heterocycles. The molecule has 1 aromatic carbocycles. The van der Waals surface area contributed by atoms with E-state index in [0.29, 0.717) is 12.1 Å². The van der Waals surface area contributed by atoms with Crippen molar-refractivity contribution in [1.82, 2.24) is 5.32 Å². The lowest BCUT2D eigenvalue weighted by atomic mass is 10.2. The summed E-state index contributed by atoms with van der Waals surface area (Å²) >= 11 is 5.58. The number of halogens is 3. The average molecular weight is 294 g/mol. The fourth-order valence-corrected chi connectivity index (χ4v) is 1.44. The molecule has 1 aromatic rings. The molecule has 0 bridgehead atoms. The molecule has 0 spiro atoms. The van der Waals surface area contributed by atoms with E-state index in [1.807, 2.05) is 0 Å². The molecule has 1 rings (SSSR count). The number of carbonyl (C=O) groups excluding carboxylic acids is 2. The number of hydrogen-bond acceptors (Lipinski definition) is 4. The van der Waals surface area contributed by atoms with Gasteiger partial charge < -0.3 is 15.2 Å². The van der Waals surface area contributed by atoms with Crippen molar-refractivity contribution in [2.45, 2.75) is 6.10 Å². The Hall–Kier alpha value is -1.73. The molecule has 0 saturated heterocycles. The van der Waals surface area contributed by atoms with Crippen LogP contribution in [0.4, 0.5) is 8.78 Å². The molecule has 8 heteroatoms. The molecule has 5 nitrogen and oxygen atoms in total. The number of rotatable bonds is 4. The zero-order valence-electron chi connectivity index (χ0n) is 9.75. The van der Waals surface area contributed by atoms with Gasteiger partial charge in [0.15, 0.2) is 17.7 Å². The Kier molecular flexibility index (Phi) is 5.20. The number of ether oxygens (including phenoxy) is 1. The minimum Gasteiger partial charge on any atom is -0.467 e. The van der Waals surface area contributed by atoms with E-state index in [2.05, 4.69) is 10.1 Å². The molecule has 0 saturated carbocycles. The van der Waals surface area contributed by atoms with Gasteiger partial charge in [-0.05, 0) is 12.1 Å². The van der Waals surface area contributed by atoms with Gasteiger partial charge in [0, 0.05) is 0 Å². The van der Waals surface area contributed by atoms with Gasteiger partial charge in [0.05, 0.1) is 24.2 Å². The molecule has 104 valence electrons. The zero-order chi connectivity index (χ0) is 14.6. The van der Waals surface area contributed by atoms with E-state index >= 15 is 0 Å². The summed E-state index contributed by atoms with van der Waals surface area (Å²) in [5.41, 5.74) is -0.308. The Morgan fingerprint density at radius 3 is 2.58 bits per heavy atom. The number of amides is 1. The summed E-state index contributed by atoms with van der Waals surface area (Å²) < 4.78 is 30.0. The van der Waals surface area contributed by atoms with Gasteiger partial charge in [0.2, 0.25) is 0 Å². The van der Waals surface area contributed by atoms with Crippen LogP contribution in [0.1, 0.15) is 10.4 Å². The lowest BCUT2D eigenvalue weighted by molar-refractivity contribution is -0.149. The molecule has 1 unspecified atom stereocenters. The van der Waals surface area contributed by atoms with Crippen molar-refractivity contribution >= 4 is 23.5 Å². The number of methoxy groups -OCH3 is 1. The third-order valence-electron chi connectivity index (χ3n) is 2.18. The van der Waals surface area contributed by atoms with Gasteiger partial charge in [0.25, 0.3) is 5.91 Å². The third-order valence-corrected chi connectivity index (χ3v) is 2.50. The molecule has 0 heterocycles. The lowest BCUT2D eigenvalue weighted by Gasteiger charge is -2.10. The Morgan fingerprint density at radius 2 is 2.00 bits per heavy atom. The van der Waals surface area contributed by atoms with Crippen LogP contribution in [0.2, 0.25) is 5.02 Å². The molecule has 2 N–H and O–H groups in total. The number of carbonyl (C=O) groups is 2. The van der Waals surface area contributed by atoms with Crippen LogP contribution in [0.3, 0.4) is 0 Å². The maximum Gasteiger partial charge on any atom is 0.336 e. The molecule has 19 heavy (non-hydrogen) atoms. The van der Waals surface area contributed by atoms with Crippen LogP contribution in [0, 0.1) is 11.6 Å². The van der Waals surface area contributed by atoms with Gasteiger partial charge in [-0.15, -0.1) is 0 Å². The predicted octanol–water partition coefficient (Wildman–Crippen LogP) is 0.882. The fourth-order valence-electron chi connectivity index (χ4n) is 1.20. The summed E-state index contributed by atoms with van der Waals surface area (Å²) in [4.78, 5) is 22.5. The number of benzene rings is 1. The summed E-state index contributed by atoms with van der Waals surface area (Å²) in [6.45, 7) is -0.444. The van der Waals surface area contributed by atoms with E-state index in [9.17, 15) is 23.5 Å². The van der Waals surface area contributed by atoms with Crippen LogP contribution in [0.15, 0.2) is 12.1 Å². The second-order valence-electron chi connectivity index (χ2n) is 3.50. The maximum absolute atomic E-state index is 13.0. The van der Waals surface area contributed by atoms with E-state index in [1.54, 1.807) is 0 Å². The van der Waals surface area contributed by atoms with Gasteiger partial charge >= 0.3 is 5.97 Å². The second kappa shape index (κ2) is 6.44. The summed E-state index contributed by atoms with van der Waals surface area (Å²) in [5.74, 6) is -4.21. The first-order valence-corrected chi connectivity index (χ1v) is 5.43. The standard InChI is InChI=1S/C11H10ClF2NO4/c1-19-11(18)9(16)4-15-10(17)5-2-7(13)8(14)3-6(5)12/h2-3,9,16H,4H2,1H3,(H,15,17). The number of esters is 1. The highest BCUT2D eigenvalue weighted by Gasteiger charge is 2.19. The zero-order valence-corrected chi connectivity index (χ0v) is 10.5. The van der Waals surface area contributed by atoms with E-state index in [-0.39, 0.29) is 10.6 Å². The molecular weight excluding hydrogens is 284 g/mol. The number of aliphatic hydroxyl groups excluding tert-OH is 1. The number of aliphatic hydroxyl groups is 1. The predicted molar refractivity (Wildman–Crippen MR) is 61.7 cm³/mol. The molecule has 1 atom stereocenters. The molecule has 0 aliphatic rings. The van der Waals surface area contributed by atoms with Gasteiger partial charge in [-0.1, -0.05) is 11.6 Å². The topological polar surface area (TPSA) is 75.6 Å². The van der Waals surface area contributed by atoms with E-state index in [1.165, 1.54) is 0 Å². The molecule has 0 aliphatic carbocycles. The first kappa shape index (κ1) is 15.3. The van der Waals surface area contributed by atoms with Crippen molar-refractivity contribution in [2.75, 3.05) is 13.7 Å². The van der Waals surface area contributed by atoms with E-state index in [4.69, 9.17) is 11.6 Å². The molecule has 0 radical (unpaired) electrons. The highest BCUT2D eigenvalue weighted by Crippen LogP contribution is 2.19. The number of nitrogens with one attached hydrogen (secondary N) is 1. The first-order valence-electron chi connectivity index (χ1n) is 5.05. The Labute approximate surface area is 112 Å². The van der Waals surface area contributed by atoms with Crippen molar-refractivity contribution in [3.63, 3.8) is 0 Å². The van der Waals surface area contributed by atoms with Crippen molar-refractivity contribution in [3.8, 4) is 0 Å². The highest BCUT2D eigenvalue weighted by molar-refractivity contribution is 6.33. The normalized spacial score (nSPS) is 11.8. The summed E-state index contributed by atoms with van der Waals surface area (Å²) in [5, 5.41) is 11.1. The quantitative estimate of drug-likeness (QED) is 0.638. The van der Waals surface area contributed by atoms with Gasteiger partial charge in [-0.3, -0.25) is 4.79 Å². The first-order chi connectivity index (χ1) is 8.86. The summed E-state index contributed by atoms with van der Waals surface area (Å²) in [6.07, 6.45) is -1.56. The Balaban J connectivity index is 2.74. The van der Waals surface area contributed by atoms with Crippen molar-refractivity contribution in [2.24, 2.45) is 0 Å². The van der Waals surface area contributed by atoms with Crippen molar-refractivity contribution in [3.05, 3.63) is 34.4 Å². The Bertz CT molecular complexity index is 510. The molecule has 0 fully saturated rings. The summed E-state index contributed by atoms with van der Waals surface area (Å²) in [6, 6.07) is 1.28. The van der Waals surface area contributed by atoms with Crippen LogP contribution >= 0.6 is 11.6 Å². The van der Waals surface area contributed by atoms with E-state index in [0.717, 1.165) is 7.11 Å². The van der Waals surface area contributed by atoms with Gasteiger partial charge in [-0.2, -0.15) is 0 Å². The third kappa shape index (κ3) is 3.87. The van der Waals surface area contributed by atoms with Gasteiger partial charge in [-0.25, -0.2) is 13.6 Å². The molecule has 0 aromatic heterocycles. The Morgan fingerprint density at radius 1 is 1.42 bits per heavy atom. The lowest BCUT2D eigenvalue weighted by Crippen LogP contribution is -2.37. The van der Waals surface area contributed by atoms with Gasteiger partial charge in [0.1, 0.15) is 0 Å². The monoisotopic (exact) mass is 293 g/mol. The largest absolute Gasteiger partial charge is 0.467 e. The van der Waals surface area contributed by atoms with E-state index < -0.39 is 36.2 Å². The second-order valence-corrected chi connectivity index (χ2v) is 3.90. The minimum atomic E-state index is -1.56. The van der Waals surface area contributed by atoms with Crippen LogP contribution in [-0.4, -0.2) is 36.7 Å². The van der Waals surface area contributed by atoms with Crippen LogP contribution in [0.25, 0.3) is 0 Å². The summed E-state index contributed by atoms with van der Waals surface area (Å²) in [7, 11) is 1.07. The van der Waals surface area contributed by atoms with Crippen LogP contribution < -0.4 is 5.32 Å². The molecule has 1 amide bonds. The van der Waals surface area contributed by atoms with Crippen LogP contribution in [-0.2, 0) is 9.53 Å². The van der Waals surface area contributed by atoms with Crippen molar-refractivity contribution in [1.29, 1.82) is 0 Å². The highest BCUT2D eigenvalue weighted by atomic mass is 35.5. The number of hydrogen-bond donors (Lipinski definition) is 2. The van der Waals surface area contributed by atoms with Crippen molar-refractivity contribution < 1.29 is 28.2 Å². The maximum atomic E-state index is 13.0.